The van der Waals surface area contributed by atoms with Crippen LogP contribution in [0.2, 0.25) is 0 Å². The summed E-state index contributed by atoms with van der Waals surface area (Å²) >= 11 is 0. The van der Waals surface area contributed by atoms with Gasteiger partial charge in [0.15, 0.2) is 0 Å². The lowest BCUT2D eigenvalue weighted by Gasteiger charge is -2.19. The minimum Gasteiger partial charge on any atom is -0.392 e. The van der Waals surface area contributed by atoms with E-state index in [1.54, 1.807) is 0 Å². The Kier molecular flexibility index (Phi) is 9.57. The number of allylic oxidation sites excluding steroid dienone is 2. The van der Waals surface area contributed by atoms with Crippen LogP contribution in [0.5, 0.6) is 0 Å². The zero-order valence-corrected chi connectivity index (χ0v) is 17.2. The monoisotopic (exact) mass is 377 g/mol. The predicted octanol–water partition coefficient (Wildman–Crippen LogP) is 4.12. The first-order valence-corrected chi connectivity index (χ1v) is 11.1. The fourth-order valence-corrected chi connectivity index (χ4v) is 4.67. The molecule has 0 unspecified atom stereocenters. The Morgan fingerprint density at radius 3 is 2.85 bits per heavy atom. The van der Waals surface area contributed by atoms with Crippen LogP contribution in [0.4, 0.5) is 0 Å². The first-order valence-electron chi connectivity index (χ1n) is 11.1. The van der Waals surface area contributed by atoms with E-state index < -0.39 is 0 Å². The standard InChI is InChI=1S/C23H39NO3/c1-3-5-6-10-19(25)12-13-20-21-15-17(14-18(21)16-22(20)26)9-7-8-11-23(27)24-4-2/h12-14,18-22,25-26H,3-11,15-16H2,1-2H3,(H,24,27)/b13-12+/t18-,19-,20+,21-,22+/m0/s1. The molecule has 4 heteroatoms. The number of rotatable bonds is 12. The molecule has 0 aromatic heterocycles. The Morgan fingerprint density at radius 2 is 2.11 bits per heavy atom. The molecular weight excluding hydrogens is 338 g/mol. The summed E-state index contributed by atoms with van der Waals surface area (Å²) in [4.78, 5) is 11.5. The van der Waals surface area contributed by atoms with Gasteiger partial charge in [-0.15, -0.1) is 0 Å². The summed E-state index contributed by atoms with van der Waals surface area (Å²) in [6, 6.07) is 0. The summed E-state index contributed by atoms with van der Waals surface area (Å²) in [5, 5.41) is 23.4. The topological polar surface area (TPSA) is 69.6 Å². The molecule has 0 aromatic carbocycles. The molecule has 2 rings (SSSR count). The van der Waals surface area contributed by atoms with Gasteiger partial charge >= 0.3 is 0 Å². The van der Waals surface area contributed by atoms with Crippen molar-refractivity contribution in [1.82, 2.24) is 5.32 Å². The molecular formula is C23H39NO3. The van der Waals surface area contributed by atoms with Gasteiger partial charge < -0.3 is 15.5 Å². The summed E-state index contributed by atoms with van der Waals surface area (Å²) in [5.41, 5.74) is 1.50. The molecule has 0 saturated heterocycles. The second kappa shape index (κ2) is 11.7. The van der Waals surface area contributed by atoms with Gasteiger partial charge in [-0.1, -0.05) is 50.0 Å². The molecule has 3 N–H and O–H groups in total. The van der Waals surface area contributed by atoms with Crippen molar-refractivity contribution in [3.05, 3.63) is 23.8 Å². The summed E-state index contributed by atoms with van der Waals surface area (Å²) in [6.45, 7) is 4.82. The van der Waals surface area contributed by atoms with Gasteiger partial charge in [-0.25, -0.2) is 0 Å². The molecule has 0 aliphatic heterocycles. The molecule has 27 heavy (non-hydrogen) atoms. The molecule has 154 valence electrons. The Morgan fingerprint density at radius 1 is 1.30 bits per heavy atom. The van der Waals surface area contributed by atoms with Crippen molar-refractivity contribution >= 4 is 5.91 Å². The number of carbonyl (C=O) groups excluding carboxylic acids is 1. The van der Waals surface area contributed by atoms with Crippen molar-refractivity contribution in [2.24, 2.45) is 17.8 Å². The Balaban J connectivity index is 1.74. The van der Waals surface area contributed by atoms with E-state index in [-0.39, 0.29) is 24.0 Å². The van der Waals surface area contributed by atoms with Crippen LogP contribution in [0.15, 0.2) is 23.8 Å². The quantitative estimate of drug-likeness (QED) is 0.354. The molecule has 2 aliphatic rings. The number of aliphatic hydroxyl groups excluding tert-OH is 2. The van der Waals surface area contributed by atoms with E-state index in [4.69, 9.17) is 0 Å². The minimum absolute atomic E-state index is 0.153. The lowest BCUT2D eigenvalue weighted by Crippen LogP contribution is -2.22. The zero-order chi connectivity index (χ0) is 19.6. The minimum atomic E-state index is -0.383. The SMILES string of the molecule is CCCCC[C@H](O)/C=C/[C@@H]1[C@H]2CC(CCCCC(=O)NCC)=C[C@H]2C[C@H]1O. The van der Waals surface area contributed by atoms with Gasteiger partial charge in [-0.05, 0) is 57.3 Å². The molecule has 4 nitrogen and oxygen atoms in total. The molecule has 1 amide bonds. The van der Waals surface area contributed by atoms with Crippen molar-refractivity contribution < 1.29 is 15.0 Å². The maximum absolute atomic E-state index is 11.5. The highest BCUT2D eigenvalue weighted by atomic mass is 16.3. The van der Waals surface area contributed by atoms with Crippen molar-refractivity contribution in [3.8, 4) is 0 Å². The summed E-state index contributed by atoms with van der Waals surface area (Å²) < 4.78 is 0. The van der Waals surface area contributed by atoms with Gasteiger partial charge in [-0.3, -0.25) is 4.79 Å². The molecule has 1 saturated carbocycles. The van der Waals surface area contributed by atoms with E-state index >= 15 is 0 Å². The molecule has 1 fully saturated rings. The van der Waals surface area contributed by atoms with Gasteiger partial charge in [0.1, 0.15) is 0 Å². The molecule has 2 aliphatic carbocycles. The first-order chi connectivity index (χ1) is 13.0. The van der Waals surface area contributed by atoms with Crippen LogP contribution in [-0.2, 0) is 4.79 Å². The third kappa shape index (κ3) is 7.08. The summed E-state index contributed by atoms with van der Waals surface area (Å²) in [7, 11) is 0. The molecule has 0 bridgehead atoms. The van der Waals surface area contributed by atoms with E-state index in [0.717, 1.165) is 51.4 Å². The molecule has 0 radical (unpaired) electrons. The second-order valence-electron chi connectivity index (χ2n) is 8.35. The zero-order valence-electron chi connectivity index (χ0n) is 17.2. The van der Waals surface area contributed by atoms with E-state index in [2.05, 4.69) is 24.4 Å². The second-order valence-corrected chi connectivity index (χ2v) is 8.35. The van der Waals surface area contributed by atoms with E-state index in [0.29, 0.717) is 24.8 Å². The lowest BCUT2D eigenvalue weighted by atomic mass is 9.88. The highest BCUT2D eigenvalue weighted by Gasteiger charge is 2.43. The molecule has 0 spiro atoms. The maximum Gasteiger partial charge on any atom is 0.219 e. The van der Waals surface area contributed by atoms with E-state index in [1.807, 2.05) is 13.0 Å². The van der Waals surface area contributed by atoms with Crippen LogP contribution in [-0.4, -0.2) is 34.9 Å². The number of carbonyl (C=O) groups is 1. The summed E-state index contributed by atoms with van der Waals surface area (Å²) in [5.74, 6) is 1.28. The average molecular weight is 378 g/mol. The third-order valence-electron chi connectivity index (χ3n) is 6.13. The normalized spacial score (nSPS) is 28.4. The Hall–Kier alpha value is -1.13. The lowest BCUT2D eigenvalue weighted by molar-refractivity contribution is -0.121. The number of unbranched alkanes of at least 4 members (excludes halogenated alkanes) is 3. The number of hydrogen-bond donors (Lipinski definition) is 3. The van der Waals surface area contributed by atoms with Crippen molar-refractivity contribution in [2.45, 2.75) is 90.3 Å². The fraction of sp³-hybridized carbons (Fsp3) is 0.783. The smallest absolute Gasteiger partial charge is 0.219 e. The highest BCUT2D eigenvalue weighted by molar-refractivity contribution is 5.75. The maximum atomic E-state index is 11.5. The van der Waals surface area contributed by atoms with Crippen LogP contribution in [0, 0.1) is 17.8 Å². The van der Waals surface area contributed by atoms with Crippen molar-refractivity contribution in [1.29, 1.82) is 0 Å². The molecule has 5 atom stereocenters. The Labute approximate surface area is 165 Å². The third-order valence-corrected chi connectivity index (χ3v) is 6.13. The van der Waals surface area contributed by atoms with Crippen LogP contribution >= 0.6 is 0 Å². The van der Waals surface area contributed by atoms with Gasteiger partial charge in [0, 0.05) is 18.9 Å². The highest BCUT2D eigenvalue weighted by Crippen LogP contribution is 2.48. The number of amides is 1. The number of aliphatic hydroxyl groups is 2. The van der Waals surface area contributed by atoms with E-state index in [1.165, 1.54) is 12.0 Å². The van der Waals surface area contributed by atoms with Crippen LogP contribution < -0.4 is 5.32 Å². The van der Waals surface area contributed by atoms with E-state index in [9.17, 15) is 15.0 Å². The van der Waals surface area contributed by atoms with Gasteiger partial charge in [-0.2, -0.15) is 0 Å². The van der Waals surface area contributed by atoms with Crippen LogP contribution in [0.1, 0.15) is 78.1 Å². The number of hydrogen-bond acceptors (Lipinski definition) is 3. The number of nitrogens with one attached hydrogen (secondary N) is 1. The molecule has 0 aromatic rings. The van der Waals surface area contributed by atoms with Gasteiger partial charge in [0.25, 0.3) is 0 Å². The van der Waals surface area contributed by atoms with Gasteiger partial charge in [0.05, 0.1) is 12.2 Å². The summed E-state index contributed by atoms with van der Waals surface area (Å²) in [6.07, 6.45) is 15.5. The first kappa shape index (κ1) is 22.2. The molecule has 0 heterocycles. The average Bonchev–Trinajstić information content (AvgIpc) is 3.14. The largest absolute Gasteiger partial charge is 0.392 e. The Bertz CT molecular complexity index is 514. The van der Waals surface area contributed by atoms with Crippen LogP contribution in [0.3, 0.4) is 0 Å². The van der Waals surface area contributed by atoms with Gasteiger partial charge in [0.2, 0.25) is 5.91 Å². The van der Waals surface area contributed by atoms with Crippen molar-refractivity contribution in [2.75, 3.05) is 6.54 Å². The fourth-order valence-electron chi connectivity index (χ4n) is 4.67. The number of fused-ring (bicyclic) bond motifs is 1. The van der Waals surface area contributed by atoms with Crippen LogP contribution in [0.25, 0.3) is 0 Å². The van der Waals surface area contributed by atoms with Crippen molar-refractivity contribution in [3.63, 3.8) is 0 Å². The predicted molar refractivity (Wildman–Crippen MR) is 110 cm³/mol.